The Labute approximate surface area is 475 Å². The zero-order chi connectivity index (χ0) is 56.7. The minimum Gasteiger partial charge on any atom is -0.382 e. The number of carbonyl (C=O) groups excluding carboxylic acids is 1. The van der Waals surface area contributed by atoms with Crippen molar-refractivity contribution in [2.75, 3.05) is 269 Å². The Morgan fingerprint density at radius 2 is 0.762 bits per heavy atom. The number of nitrogens with zero attached hydrogens (tertiary/aromatic N) is 3. The van der Waals surface area contributed by atoms with Crippen LogP contribution in [-0.2, 0) is 91.5 Å². The maximum absolute atomic E-state index is 13.6. The first-order valence-corrected chi connectivity index (χ1v) is 28.7. The predicted molar refractivity (Wildman–Crippen MR) is 292 cm³/mol. The summed E-state index contributed by atoms with van der Waals surface area (Å²) in [4.78, 5) is 20.7. The summed E-state index contributed by atoms with van der Waals surface area (Å²) in [7, 11) is 1.64. The fourth-order valence-electron chi connectivity index (χ4n) is 7.61. The molecule has 4 rings (SSSR count). The Morgan fingerprint density at radius 3 is 1.12 bits per heavy atom. The minimum absolute atomic E-state index is 0.00968. The van der Waals surface area contributed by atoms with Crippen molar-refractivity contribution in [3.63, 3.8) is 0 Å². The first-order chi connectivity index (χ1) is 39.4. The third-order valence-corrected chi connectivity index (χ3v) is 12.9. The molecular weight excluding hydrogens is 1080 g/mol. The molecule has 2 aromatic rings. The van der Waals surface area contributed by atoms with Gasteiger partial charge in [0.15, 0.2) is 0 Å². The summed E-state index contributed by atoms with van der Waals surface area (Å²) in [6.45, 7) is 19.2. The van der Waals surface area contributed by atoms with E-state index in [0.29, 0.717) is 237 Å². The van der Waals surface area contributed by atoms with Gasteiger partial charge in [0.2, 0.25) is 5.91 Å². The number of amides is 1. The number of fused-ring (bicyclic) bond motifs is 2. The molecule has 0 bridgehead atoms. The molecule has 21 nitrogen and oxygen atoms in total. The number of methoxy groups -OCH3 is 1. The molecule has 80 heavy (non-hydrogen) atoms. The Bertz CT molecular complexity index is 1800. The highest BCUT2D eigenvalue weighted by molar-refractivity contribution is 7.99. The number of alkyl halides is 3. The lowest BCUT2D eigenvalue weighted by atomic mass is 10.1. The van der Waals surface area contributed by atoms with Crippen LogP contribution in [0.15, 0.2) is 52.3 Å². The van der Waals surface area contributed by atoms with Crippen LogP contribution in [0.25, 0.3) is 0 Å². The Hall–Kier alpha value is -2.87. The molecule has 2 aromatic carbocycles. The summed E-state index contributed by atoms with van der Waals surface area (Å²) < 4.78 is 134. The summed E-state index contributed by atoms with van der Waals surface area (Å²) in [6, 6.07) is 11.8. The molecule has 1 amide bonds. The van der Waals surface area contributed by atoms with E-state index in [1.54, 1.807) is 13.2 Å². The highest BCUT2D eigenvalue weighted by Crippen LogP contribution is 2.49. The molecule has 1 fully saturated rings. The lowest BCUT2D eigenvalue weighted by Gasteiger charge is -2.36. The van der Waals surface area contributed by atoms with Crippen molar-refractivity contribution in [3.05, 3.63) is 48.0 Å². The van der Waals surface area contributed by atoms with Crippen molar-refractivity contribution in [1.82, 2.24) is 9.80 Å². The molecule has 0 aliphatic carbocycles. The topological polar surface area (TPSA) is 184 Å². The Morgan fingerprint density at radius 1 is 0.425 bits per heavy atom. The summed E-state index contributed by atoms with van der Waals surface area (Å²) >= 11 is 1.49. The van der Waals surface area contributed by atoms with Crippen LogP contribution in [0.1, 0.15) is 12.0 Å². The maximum Gasteiger partial charge on any atom is 0.416 e. The van der Waals surface area contributed by atoms with Crippen LogP contribution in [0.3, 0.4) is 0 Å². The van der Waals surface area contributed by atoms with Gasteiger partial charge in [-0.3, -0.25) is 9.69 Å². The summed E-state index contributed by atoms with van der Waals surface area (Å²) in [5.41, 5.74) is 0.853. The second-order valence-corrected chi connectivity index (χ2v) is 18.8. The molecule has 2 aliphatic rings. The predicted octanol–water partition coefficient (Wildman–Crippen LogP) is 4.75. The van der Waals surface area contributed by atoms with E-state index in [9.17, 15) is 18.0 Å². The third-order valence-electron chi connectivity index (χ3n) is 11.8. The van der Waals surface area contributed by atoms with Gasteiger partial charge in [-0.1, -0.05) is 23.9 Å². The van der Waals surface area contributed by atoms with Gasteiger partial charge in [0.05, 0.1) is 228 Å². The molecule has 2 aliphatic heterocycles. The zero-order valence-electron chi connectivity index (χ0n) is 47.1. The quantitative estimate of drug-likeness (QED) is 0.0826. The van der Waals surface area contributed by atoms with Crippen LogP contribution in [-0.4, -0.2) is 280 Å². The molecule has 0 N–H and O–H groups in total. The number of hydrogen-bond donors (Lipinski definition) is 0. The van der Waals surface area contributed by atoms with E-state index in [4.69, 9.17) is 80.5 Å². The number of rotatable bonds is 54. The SMILES string of the molecule is COCCOCCOCCOCCOCCOCCOCCOCCOCCOCCOCCOCCOCCOCCOCCOCCOCC(=O)N1CCN(CCCN2c3ccccc3Sc3ccc(C(F)(F)F)cc32)CC1. The number of hydrogen-bond acceptors (Lipinski definition) is 21. The molecule has 0 saturated carbocycles. The minimum atomic E-state index is -4.41. The normalized spacial score (nSPS) is 13.8. The number of piperazine rings is 1. The van der Waals surface area contributed by atoms with Crippen molar-refractivity contribution in [1.29, 1.82) is 0 Å². The van der Waals surface area contributed by atoms with Gasteiger partial charge < -0.3 is 90.3 Å². The molecule has 0 spiro atoms. The highest BCUT2D eigenvalue weighted by Gasteiger charge is 2.33. The molecule has 0 unspecified atom stereocenters. The van der Waals surface area contributed by atoms with Crippen molar-refractivity contribution in [2.24, 2.45) is 0 Å². The summed E-state index contributed by atoms with van der Waals surface area (Å²) in [5, 5.41) is 0. The molecule has 0 aromatic heterocycles. The average molecular weight is 1170 g/mol. The van der Waals surface area contributed by atoms with E-state index in [-0.39, 0.29) is 12.5 Å². The van der Waals surface area contributed by atoms with Gasteiger partial charge in [-0.25, -0.2) is 0 Å². The number of carbonyl (C=O) groups is 1. The second kappa shape index (κ2) is 47.5. The fraction of sp³-hybridized carbons (Fsp3) is 0.764. The van der Waals surface area contributed by atoms with Crippen LogP contribution in [0.2, 0.25) is 0 Å². The van der Waals surface area contributed by atoms with Crippen LogP contribution >= 0.6 is 11.8 Å². The first-order valence-electron chi connectivity index (χ1n) is 27.9. The molecule has 460 valence electrons. The van der Waals surface area contributed by atoms with Crippen molar-refractivity contribution in [2.45, 2.75) is 22.4 Å². The lowest BCUT2D eigenvalue weighted by molar-refractivity contribution is -0.138. The zero-order valence-corrected chi connectivity index (χ0v) is 47.9. The molecule has 25 heteroatoms. The Balaban J connectivity index is 0.777. The van der Waals surface area contributed by atoms with E-state index in [1.807, 2.05) is 34.1 Å². The van der Waals surface area contributed by atoms with Crippen molar-refractivity contribution < 1.29 is 98.5 Å². The summed E-state index contributed by atoms with van der Waals surface area (Å²) in [5.74, 6) is -0.0597. The van der Waals surface area contributed by atoms with Crippen LogP contribution in [0, 0.1) is 0 Å². The monoisotopic (exact) mass is 1170 g/mol. The number of anilines is 2. The summed E-state index contributed by atoms with van der Waals surface area (Å²) in [6.07, 6.45) is -3.65. The number of benzene rings is 2. The largest absolute Gasteiger partial charge is 0.416 e. The van der Waals surface area contributed by atoms with Crippen molar-refractivity contribution in [3.8, 4) is 0 Å². The molecule has 2 heterocycles. The highest BCUT2D eigenvalue weighted by atomic mass is 32.2. The van der Waals surface area contributed by atoms with Gasteiger partial charge in [-0.15, -0.1) is 0 Å². The van der Waals surface area contributed by atoms with Crippen LogP contribution in [0.4, 0.5) is 24.5 Å². The van der Waals surface area contributed by atoms with Gasteiger partial charge >= 0.3 is 6.18 Å². The Kier molecular flexibility index (Phi) is 41.3. The maximum atomic E-state index is 13.6. The number of ether oxygens (including phenoxy) is 17. The van der Waals surface area contributed by atoms with E-state index >= 15 is 0 Å². The van der Waals surface area contributed by atoms with E-state index in [1.165, 1.54) is 17.8 Å². The lowest BCUT2D eigenvalue weighted by Crippen LogP contribution is -2.50. The molecule has 0 radical (unpaired) electrons. The van der Waals surface area contributed by atoms with E-state index in [0.717, 1.165) is 47.6 Å². The van der Waals surface area contributed by atoms with Gasteiger partial charge in [0.25, 0.3) is 0 Å². The molecule has 0 atom stereocenters. The molecule has 1 saturated heterocycles. The number of halogens is 3. The van der Waals surface area contributed by atoms with Crippen molar-refractivity contribution >= 4 is 29.0 Å². The third kappa shape index (κ3) is 34.0. The van der Waals surface area contributed by atoms with Crippen LogP contribution in [0.5, 0.6) is 0 Å². The standard InChI is InChI=1S/C55H90F3N3O18S/c1-63-15-16-64-17-18-65-19-20-66-21-22-67-23-24-68-25-26-69-27-28-70-29-30-71-31-32-72-33-34-73-35-36-74-37-38-75-39-40-76-41-42-77-43-44-78-45-46-79-48-54(62)60-13-11-59(12-14-60)9-4-10-61-50-5-2-3-6-52(50)80-53-8-7-49(47-51(53)61)55(56,57)58/h2-3,5-8,47H,4,9-46,48H2,1H3. The van der Waals surface area contributed by atoms with Gasteiger partial charge in [-0.2, -0.15) is 13.2 Å². The fourth-order valence-corrected chi connectivity index (χ4v) is 8.69. The van der Waals surface area contributed by atoms with E-state index in [2.05, 4.69) is 4.90 Å². The first kappa shape index (κ1) is 69.6. The smallest absolute Gasteiger partial charge is 0.382 e. The van der Waals surface area contributed by atoms with Gasteiger partial charge in [-0.05, 0) is 43.3 Å². The van der Waals surface area contributed by atoms with E-state index < -0.39 is 11.7 Å². The second-order valence-electron chi connectivity index (χ2n) is 17.7. The molecular formula is C55H90F3N3O18S. The van der Waals surface area contributed by atoms with Gasteiger partial charge in [0, 0.05) is 49.6 Å². The average Bonchev–Trinajstić information content (AvgIpc) is 3.46. The van der Waals surface area contributed by atoms with Gasteiger partial charge in [0.1, 0.15) is 6.61 Å². The number of para-hydroxylation sites is 1. The van der Waals surface area contributed by atoms with Crippen LogP contribution < -0.4 is 4.90 Å².